The zero-order chi connectivity index (χ0) is 27.2. The van der Waals surface area contributed by atoms with Crippen molar-refractivity contribution in [1.82, 2.24) is 4.90 Å². The first kappa shape index (κ1) is 27.2. The van der Waals surface area contributed by atoms with Gasteiger partial charge in [0.15, 0.2) is 5.75 Å². The Labute approximate surface area is 230 Å². The van der Waals surface area contributed by atoms with Crippen LogP contribution in [0, 0.1) is 6.92 Å². The van der Waals surface area contributed by atoms with E-state index < -0.39 is 0 Å². The lowest BCUT2D eigenvalue weighted by molar-refractivity contribution is -0.00629. The highest BCUT2D eigenvalue weighted by Crippen LogP contribution is 2.42. The van der Waals surface area contributed by atoms with Crippen LogP contribution in [0.1, 0.15) is 60.4 Å². The van der Waals surface area contributed by atoms with Crippen LogP contribution in [0.4, 0.5) is 8.92 Å². The zero-order valence-corrected chi connectivity index (χ0v) is 22.8. The number of aryl methyl sites for hydroxylation is 2. The second kappa shape index (κ2) is 12.6. The average Bonchev–Trinajstić information content (AvgIpc) is 3.31. The van der Waals surface area contributed by atoms with Gasteiger partial charge in [0, 0.05) is 24.2 Å². The van der Waals surface area contributed by atoms with E-state index in [1.807, 2.05) is 37.3 Å². The summed E-state index contributed by atoms with van der Waals surface area (Å²) in [5.41, 5.74) is 8.08. The predicted molar refractivity (Wildman–Crippen MR) is 152 cm³/mol. The first-order chi connectivity index (χ1) is 19.1. The largest absolute Gasteiger partial charge is 0.494 e. The van der Waals surface area contributed by atoms with Gasteiger partial charge in [0.2, 0.25) is 0 Å². The minimum atomic E-state index is -0.275. The lowest BCUT2D eigenvalue weighted by Gasteiger charge is -2.20. The first-order valence-corrected chi connectivity index (χ1v) is 14.0. The molecule has 3 aromatic rings. The van der Waals surface area contributed by atoms with E-state index in [-0.39, 0.29) is 18.5 Å². The molecule has 4 nitrogen and oxygen atoms in total. The summed E-state index contributed by atoms with van der Waals surface area (Å²) >= 11 is 0. The van der Waals surface area contributed by atoms with E-state index in [4.69, 9.17) is 9.47 Å². The molecule has 1 aliphatic carbocycles. The summed E-state index contributed by atoms with van der Waals surface area (Å²) in [4.78, 5) is 6.34. The lowest BCUT2D eigenvalue weighted by atomic mass is 9.86. The Hall–Kier alpha value is -3.38. The molecular formula is C33H37F2NO3. The number of allylic oxidation sites excluding steroid dienone is 1. The first-order valence-electron chi connectivity index (χ1n) is 14.0. The van der Waals surface area contributed by atoms with Crippen molar-refractivity contribution in [3.05, 3.63) is 88.5 Å². The molecule has 0 aromatic heterocycles. The molecule has 3 aromatic carbocycles. The van der Waals surface area contributed by atoms with Crippen molar-refractivity contribution in [2.75, 3.05) is 32.9 Å². The van der Waals surface area contributed by atoms with E-state index in [0.29, 0.717) is 13.0 Å². The van der Waals surface area contributed by atoms with Crippen LogP contribution in [-0.2, 0) is 6.42 Å². The molecule has 1 heterocycles. The number of hydrogen-bond donors (Lipinski definition) is 0. The Morgan fingerprint density at radius 2 is 1.69 bits per heavy atom. The molecule has 0 bridgehead atoms. The van der Waals surface area contributed by atoms with Gasteiger partial charge in [0.25, 0.3) is 0 Å². The number of alkyl halides is 1. The maximum absolute atomic E-state index is 13.1. The van der Waals surface area contributed by atoms with Gasteiger partial charge >= 0.3 is 0 Å². The number of fused-ring (bicyclic) bond motifs is 1. The van der Waals surface area contributed by atoms with E-state index in [0.717, 1.165) is 79.1 Å². The lowest BCUT2D eigenvalue weighted by Crippen LogP contribution is -2.26. The monoisotopic (exact) mass is 533 g/mol. The predicted octanol–water partition coefficient (Wildman–Crippen LogP) is 7.77. The van der Waals surface area contributed by atoms with Gasteiger partial charge in [-0.25, -0.2) is 0 Å². The van der Waals surface area contributed by atoms with E-state index in [1.54, 1.807) is 6.07 Å². The van der Waals surface area contributed by atoms with Crippen LogP contribution in [0.3, 0.4) is 0 Å². The fourth-order valence-electron chi connectivity index (χ4n) is 5.91. The fourth-order valence-corrected chi connectivity index (χ4v) is 5.91. The van der Waals surface area contributed by atoms with Gasteiger partial charge < -0.3 is 9.47 Å². The number of likely N-dealkylation sites (tertiary alicyclic amines) is 1. The van der Waals surface area contributed by atoms with Crippen LogP contribution in [0.2, 0.25) is 0 Å². The summed E-state index contributed by atoms with van der Waals surface area (Å²) in [6.45, 7) is 7.04. The minimum Gasteiger partial charge on any atom is -0.494 e. The minimum absolute atomic E-state index is 0.120. The van der Waals surface area contributed by atoms with Crippen LogP contribution >= 0.6 is 0 Å². The molecule has 1 saturated heterocycles. The van der Waals surface area contributed by atoms with Crippen LogP contribution < -0.4 is 14.4 Å². The Kier molecular flexibility index (Phi) is 8.82. The molecule has 0 saturated carbocycles. The molecule has 0 spiro atoms. The second-order valence-electron chi connectivity index (χ2n) is 10.4. The normalized spacial score (nSPS) is 17.6. The Morgan fingerprint density at radius 1 is 0.923 bits per heavy atom. The molecule has 6 heteroatoms. The smallest absolute Gasteiger partial charge is 0.172 e. The van der Waals surface area contributed by atoms with E-state index in [1.165, 1.54) is 16.7 Å². The molecule has 5 rings (SSSR count). The Bertz CT molecular complexity index is 1300. The van der Waals surface area contributed by atoms with Gasteiger partial charge in [-0.3, -0.25) is 14.2 Å². The van der Waals surface area contributed by atoms with Gasteiger partial charge in [0.05, 0.1) is 13.3 Å². The molecule has 1 fully saturated rings. The average molecular weight is 534 g/mol. The van der Waals surface area contributed by atoms with Crippen molar-refractivity contribution in [3.63, 3.8) is 0 Å². The molecular weight excluding hydrogens is 496 g/mol. The third kappa shape index (κ3) is 6.27. The van der Waals surface area contributed by atoms with Gasteiger partial charge in [-0.15, -0.1) is 0 Å². The van der Waals surface area contributed by atoms with E-state index in [9.17, 15) is 8.92 Å². The molecule has 2 aliphatic rings. The molecule has 0 amide bonds. The summed E-state index contributed by atoms with van der Waals surface area (Å²) in [6.07, 6.45) is 4.35. The third-order valence-electron chi connectivity index (χ3n) is 7.73. The van der Waals surface area contributed by atoms with E-state index in [2.05, 4.69) is 41.0 Å². The summed E-state index contributed by atoms with van der Waals surface area (Å²) in [7, 11) is 0. The highest BCUT2D eigenvalue weighted by molar-refractivity contribution is 6.00. The molecule has 0 radical (unpaired) electrons. The second-order valence-corrected chi connectivity index (χ2v) is 10.4. The van der Waals surface area contributed by atoms with Crippen molar-refractivity contribution in [2.24, 2.45) is 0 Å². The van der Waals surface area contributed by atoms with Crippen molar-refractivity contribution in [2.45, 2.75) is 52.1 Å². The summed E-state index contributed by atoms with van der Waals surface area (Å²) in [5.74, 6) is 1.94. The van der Waals surface area contributed by atoms with Gasteiger partial charge in [-0.1, -0.05) is 24.3 Å². The molecule has 206 valence electrons. The molecule has 39 heavy (non-hydrogen) atoms. The highest BCUT2D eigenvalue weighted by Gasteiger charge is 2.25. The maximum atomic E-state index is 13.1. The van der Waals surface area contributed by atoms with Crippen LogP contribution in [0.5, 0.6) is 17.2 Å². The van der Waals surface area contributed by atoms with Crippen LogP contribution in [0.25, 0.3) is 11.1 Å². The number of nitrogens with zero attached hydrogens (tertiary/aromatic N) is 1. The maximum Gasteiger partial charge on any atom is 0.172 e. The standard InChI is InChI=1S/C33H37F2NO3/c1-3-37-27-12-14-30(23(2)20-27)32-7-4-6-25-21-28(39-35)13-15-31(25)33(32)24-8-10-26(11-9-24)38-29-16-19-36(22-29)18-5-17-34/h8-15,20-21,29H,3-7,16-19,22H2,1-2H3/t29-/m0/s1. The molecule has 1 aliphatic heterocycles. The zero-order valence-electron chi connectivity index (χ0n) is 22.8. The summed E-state index contributed by atoms with van der Waals surface area (Å²) in [6, 6.07) is 20.1. The van der Waals surface area contributed by atoms with Crippen LogP contribution in [0.15, 0.2) is 60.7 Å². The number of ether oxygens (including phenoxy) is 2. The third-order valence-corrected chi connectivity index (χ3v) is 7.73. The van der Waals surface area contributed by atoms with Crippen LogP contribution in [-0.4, -0.2) is 43.9 Å². The number of hydrogen-bond acceptors (Lipinski definition) is 4. The van der Waals surface area contributed by atoms with Crippen molar-refractivity contribution in [1.29, 1.82) is 0 Å². The van der Waals surface area contributed by atoms with Gasteiger partial charge in [0.1, 0.15) is 17.6 Å². The van der Waals surface area contributed by atoms with Crippen molar-refractivity contribution in [3.8, 4) is 17.2 Å². The van der Waals surface area contributed by atoms with Gasteiger partial charge in [-0.2, -0.15) is 0 Å². The molecule has 0 unspecified atom stereocenters. The number of rotatable bonds is 10. The SMILES string of the molecule is CCOc1ccc(C2=C(c3ccc(O[C@H]4CCN(CCCF)C4)cc3)c3ccc(OF)cc3CCC2)c(C)c1. The Balaban J connectivity index is 1.50. The summed E-state index contributed by atoms with van der Waals surface area (Å²) in [5, 5.41) is 0. The number of halogens is 2. The molecule has 1 atom stereocenters. The fraction of sp³-hybridized carbons (Fsp3) is 0.394. The van der Waals surface area contributed by atoms with E-state index >= 15 is 0 Å². The van der Waals surface area contributed by atoms with Gasteiger partial charge in [-0.05, 0) is 121 Å². The topological polar surface area (TPSA) is 30.9 Å². The summed E-state index contributed by atoms with van der Waals surface area (Å²) < 4.78 is 37.6. The van der Waals surface area contributed by atoms with Crippen molar-refractivity contribution >= 4 is 11.1 Å². The van der Waals surface area contributed by atoms with Crippen molar-refractivity contribution < 1.29 is 23.3 Å². The highest BCUT2D eigenvalue weighted by atomic mass is 19.3. The Morgan fingerprint density at radius 3 is 2.44 bits per heavy atom. The quantitative estimate of drug-likeness (QED) is 0.266. The number of benzene rings is 3. The molecule has 0 N–H and O–H groups in total.